The molecule has 1 heterocycles. The molecule has 1 amide bonds. The number of nitrogens with two attached hydrogens (primary N) is 1. The Morgan fingerprint density at radius 1 is 1.31 bits per heavy atom. The highest BCUT2D eigenvalue weighted by Crippen LogP contribution is 2.31. The number of benzene rings is 1. The van der Waals surface area contributed by atoms with Crippen LogP contribution in [0.5, 0.6) is 0 Å². The molecule has 1 saturated heterocycles. The molecule has 26 heavy (non-hydrogen) atoms. The molecule has 144 valence electrons. The SMILES string of the molecule is CCC(CC)C(C(=O)NC1CCCc2cc(N)ccc21)N1CCOCC1. The van der Waals surface area contributed by atoms with Gasteiger partial charge in [0.25, 0.3) is 0 Å². The van der Waals surface area contributed by atoms with E-state index in [-0.39, 0.29) is 18.0 Å². The van der Waals surface area contributed by atoms with E-state index < -0.39 is 0 Å². The van der Waals surface area contributed by atoms with Crippen molar-refractivity contribution < 1.29 is 9.53 Å². The van der Waals surface area contributed by atoms with Crippen molar-refractivity contribution in [2.75, 3.05) is 32.0 Å². The Labute approximate surface area is 157 Å². The fraction of sp³-hybridized carbons (Fsp3) is 0.667. The monoisotopic (exact) mass is 359 g/mol. The summed E-state index contributed by atoms with van der Waals surface area (Å²) >= 11 is 0. The molecule has 2 atom stereocenters. The molecular formula is C21H33N3O2. The zero-order valence-electron chi connectivity index (χ0n) is 16.2. The number of nitrogens with one attached hydrogen (secondary N) is 1. The molecule has 0 saturated carbocycles. The molecule has 1 aromatic rings. The number of hydrogen-bond acceptors (Lipinski definition) is 4. The second-order valence-corrected chi connectivity index (χ2v) is 7.58. The molecule has 1 fully saturated rings. The molecule has 0 radical (unpaired) electrons. The number of carbonyl (C=O) groups excluding carboxylic acids is 1. The van der Waals surface area contributed by atoms with Gasteiger partial charge in [-0.3, -0.25) is 9.69 Å². The third-order valence-electron chi connectivity index (χ3n) is 6.00. The van der Waals surface area contributed by atoms with Gasteiger partial charge in [-0.1, -0.05) is 32.8 Å². The Hall–Kier alpha value is -1.59. The highest BCUT2D eigenvalue weighted by Gasteiger charge is 2.34. The van der Waals surface area contributed by atoms with E-state index in [4.69, 9.17) is 10.5 Å². The number of nitrogen functional groups attached to an aromatic ring is 1. The van der Waals surface area contributed by atoms with Gasteiger partial charge < -0.3 is 15.8 Å². The van der Waals surface area contributed by atoms with E-state index in [0.717, 1.165) is 64.1 Å². The molecule has 3 rings (SSSR count). The average Bonchev–Trinajstić information content (AvgIpc) is 2.66. The van der Waals surface area contributed by atoms with Crippen LogP contribution in [-0.2, 0) is 16.0 Å². The van der Waals surface area contributed by atoms with Crippen molar-refractivity contribution in [3.05, 3.63) is 29.3 Å². The van der Waals surface area contributed by atoms with Crippen molar-refractivity contribution in [3.63, 3.8) is 0 Å². The Kier molecular flexibility index (Phi) is 6.54. The summed E-state index contributed by atoms with van der Waals surface area (Å²) in [6.07, 6.45) is 5.18. The van der Waals surface area contributed by atoms with E-state index in [9.17, 15) is 4.79 Å². The first-order chi connectivity index (χ1) is 12.6. The zero-order valence-corrected chi connectivity index (χ0v) is 16.2. The van der Waals surface area contributed by atoms with E-state index in [1.165, 1.54) is 11.1 Å². The van der Waals surface area contributed by atoms with Gasteiger partial charge in [-0.2, -0.15) is 0 Å². The number of aryl methyl sites for hydroxylation is 1. The van der Waals surface area contributed by atoms with Crippen LogP contribution in [0.4, 0.5) is 5.69 Å². The number of carbonyl (C=O) groups is 1. The summed E-state index contributed by atoms with van der Waals surface area (Å²) in [5.41, 5.74) is 9.27. The maximum Gasteiger partial charge on any atom is 0.238 e. The van der Waals surface area contributed by atoms with Gasteiger partial charge in [-0.25, -0.2) is 0 Å². The Morgan fingerprint density at radius 3 is 2.73 bits per heavy atom. The third kappa shape index (κ3) is 4.21. The Morgan fingerprint density at radius 2 is 2.04 bits per heavy atom. The van der Waals surface area contributed by atoms with Crippen LogP contribution in [-0.4, -0.2) is 43.2 Å². The van der Waals surface area contributed by atoms with Gasteiger partial charge in [0.1, 0.15) is 0 Å². The number of anilines is 1. The Balaban J connectivity index is 1.77. The summed E-state index contributed by atoms with van der Waals surface area (Å²) < 4.78 is 5.50. The number of rotatable bonds is 6. The minimum atomic E-state index is -0.0620. The predicted octanol–water partition coefficient (Wildman–Crippen LogP) is 2.90. The van der Waals surface area contributed by atoms with Crippen LogP contribution < -0.4 is 11.1 Å². The van der Waals surface area contributed by atoms with Gasteiger partial charge in [-0.05, 0) is 48.4 Å². The zero-order chi connectivity index (χ0) is 18.5. The van der Waals surface area contributed by atoms with E-state index >= 15 is 0 Å². The fourth-order valence-electron chi connectivity index (χ4n) is 4.51. The second-order valence-electron chi connectivity index (χ2n) is 7.58. The van der Waals surface area contributed by atoms with Gasteiger partial charge in [0.2, 0.25) is 5.91 Å². The first kappa shape index (κ1) is 19.2. The van der Waals surface area contributed by atoms with Gasteiger partial charge in [0.05, 0.1) is 25.3 Å². The molecule has 1 aromatic carbocycles. The maximum atomic E-state index is 13.3. The minimum Gasteiger partial charge on any atom is -0.399 e. The van der Waals surface area contributed by atoms with Crippen molar-refractivity contribution in [1.82, 2.24) is 10.2 Å². The van der Waals surface area contributed by atoms with Gasteiger partial charge in [0, 0.05) is 18.8 Å². The highest BCUT2D eigenvalue weighted by molar-refractivity contribution is 5.82. The van der Waals surface area contributed by atoms with Crippen molar-refractivity contribution in [2.24, 2.45) is 5.92 Å². The lowest BCUT2D eigenvalue weighted by molar-refractivity contribution is -0.131. The van der Waals surface area contributed by atoms with Crippen molar-refractivity contribution in [1.29, 1.82) is 0 Å². The molecule has 3 N–H and O–H groups in total. The molecule has 5 heteroatoms. The lowest BCUT2D eigenvalue weighted by Gasteiger charge is -2.39. The number of amides is 1. The largest absolute Gasteiger partial charge is 0.399 e. The summed E-state index contributed by atoms with van der Waals surface area (Å²) in [5.74, 6) is 0.554. The van der Waals surface area contributed by atoms with Crippen LogP contribution in [0.15, 0.2) is 18.2 Å². The van der Waals surface area contributed by atoms with Crippen LogP contribution in [0.2, 0.25) is 0 Å². The van der Waals surface area contributed by atoms with Crippen LogP contribution in [0.25, 0.3) is 0 Å². The van der Waals surface area contributed by atoms with Crippen LogP contribution in [0.1, 0.15) is 56.7 Å². The second kappa shape index (κ2) is 8.87. The van der Waals surface area contributed by atoms with E-state index in [1.54, 1.807) is 0 Å². The molecule has 0 aromatic heterocycles. The number of fused-ring (bicyclic) bond motifs is 1. The summed E-state index contributed by atoms with van der Waals surface area (Å²) in [6, 6.07) is 6.14. The van der Waals surface area contributed by atoms with Crippen LogP contribution >= 0.6 is 0 Å². The average molecular weight is 360 g/mol. The number of hydrogen-bond donors (Lipinski definition) is 2. The summed E-state index contributed by atoms with van der Waals surface area (Å²) in [5, 5.41) is 3.38. The van der Waals surface area contributed by atoms with Gasteiger partial charge in [-0.15, -0.1) is 0 Å². The van der Waals surface area contributed by atoms with E-state index in [0.29, 0.717) is 5.92 Å². The first-order valence-corrected chi connectivity index (χ1v) is 10.1. The van der Waals surface area contributed by atoms with E-state index in [2.05, 4.69) is 36.2 Å². The Bertz CT molecular complexity index is 609. The molecule has 1 aliphatic carbocycles. The molecule has 5 nitrogen and oxygen atoms in total. The van der Waals surface area contributed by atoms with Crippen molar-refractivity contribution in [2.45, 2.75) is 58.0 Å². The lowest BCUT2D eigenvalue weighted by atomic mass is 9.86. The van der Waals surface area contributed by atoms with Gasteiger partial charge in [0.15, 0.2) is 0 Å². The summed E-state index contributed by atoms with van der Waals surface area (Å²) in [6.45, 7) is 7.49. The summed E-state index contributed by atoms with van der Waals surface area (Å²) in [4.78, 5) is 15.7. The molecular weight excluding hydrogens is 326 g/mol. The highest BCUT2D eigenvalue weighted by atomic mass is 16.5. The topological polar surface area (TPSA) is 67.6 Å². The molecule has 1 aliphatic heterocycles. The number of ether oxygens (including phenoxy) is 1. The quantitative estimate of drug-likeness (QED) is 0.767. The van der Waals surface area contributed by atoms with Crippen LogP contribution in [0.3, 0.4) is 0 Å². The minimum absolute atomic E-state index is 0.0620. The van der Waals surface area contributed by atoms with Crippen molar-refractivity contribution in [3.8, 4) is 0 Å². The lowest BCUT2D eigenvalue weighted by Crippen LogP contribution is -2.55. The predicted molar refractivity (Wildman–Crippen MR) is 105 cm³/mol. The van der Waals surface area contributed by atoms with Crippen molar-refractivity contribution >= 4 is 11.6 Å². The molecule has 2 unspecified atom stereocenters. The first-order valence-electron chi connectivity index (χ1n) is 10.1. The standard InChI is InChI=1S/C21H33N3O2/c1-3-15(4-2)20(24-10-12-26-13-11-24)21(25)23-19-7-5-6-16-14-17(22)8-9-18(16)19/h8-9,14-15,19-20H,3-7,10-13,22H2,1-2H3,(H,23,25). The summed E-state index contributed by atoms with van der Waals surface area (Å²) in [7, 11) is 0. The van der Waals surface area contributed by atoms with E-state index in [1.807, 2.05) is 6.07 Å². The fourth-order valence-corrected chi connectivity index (χ4v) is 4.51. The number of morpholine rings is 1. The maximum absolute atomic E-state index is 13.3. The molecule has 0 spiro atoms. The molecule has 2 aliphatic rings. The third-order valence-corrected chi connectivity index (χ3v) is 6.00. The van der Waals surface area contributed by atoms with Gasteiger partial charge >= 0.3 is 0 Å². The molecule has 0 bridgehead atoms. The normalized spacial score (nSPS) is 22.0. The number of nitrogens with zero attached hydrogens (tertiary/aromatic N) is 1. The smallest absolute Gasteiger partial charge is 0.238 e. The van der Waals surface area contributed by atoms with Crippen LogP contribution in [0, 0.1) is 5.92 Å².